The molecule has 0 aliphatic rings. The van der Waals surface area contributed by atoms with Crippen molar-refractivity contribution in [1.29, 1.82) is 0 Å². The molecule has 4 heteroatoms. The number of hydrogen-bond donors (Lipinski definition) is 1. The first-order chi connectivity index (χ1) is 9.83. The Morgan fingerprint density at radius 2 is 2.10 bits per heavy atom. The monoisotopic (exact) mass is 261 g/mol. The van der Waals surface area contributed by atoms with Crippen LogP contribution < -0.4 is 5.32 Å². The molecule has 0 aliphatic carbocycles. The van der Waals surface area contributed by atoms with E-state index in [1.807, 2.05) is 43.3 Å². The average molecular weight is 261 g/mol. The van der Waals surface area contributed by atoms with E-state index in [2.05, 4.69) is 26.3 Å². The molecule has 0 unspecified atom stereocenters. The fraction of sp³-hybridized carbons (Fsp3) is 0.0625. The molecule has 0 saturated heterocycles. The van der Waals surface area contributed by atoms with Gasteiger partial charge >= 0.3 is 0 Å². The second-order valence-corrected chi connectivity index (χ2v) is 4.37. The molecule has 0 atom stereocenters. The normalized spacial score (nSPS) is 10.2. The van der Waals surface area contributed by atoms with Crippen molar-refractivity contribution >= 4 is 11.6 Å². The Hall–Kier alpha value is -2.75. The van der Waals surface area contributed by atoms with Crippen LogP contribution in [-0.4, -0.2) is 15.0 Å². The van der Waals surface area contributed by atoms with Gasteiger partial charge in [0.25, 0.3) is 0 Å². The molecule has 1 aromatic carbocycles. The molecule has 1 N–H and O–H groups in total. The van der Waals surface area contributed by atoms with Crippen molar-refractivity contribution in [2.45, 2.75) is 6.92 Å². The zero-order chi connectivity index (χ0) is 13.8. The first-order valence-electron chi connectivity index (χ1n) is 6.30. The molecule has 0 amide bonds. The first-order valence-corrected chi connectivity index (χ1v) is 6.30. The van der Waals surface area contributed by atoms with E-state index in [1.165, 1.54) is 0 Å². The number of nitrogens with zero attached hydrogens (tertiary/aromatic N) is 3. The van der Waals surface area contributed by atoms with Crippen LogP contribution in [-0.2, 0) is 0 Å². The third kappa shape index (κ3) is 2.64. The molecule has 4 nitrogen and oxygen atoms in total. The van der Waals surface area contributed by atoms with E-state index in [-0.39, 0.29) is 0 Å². The van der Waals surface area contributed by atoms with Gasteiger partial charge in [0.1, 0.15) is 0 Å². The Morgan fingerprint density at radius 3 is 2.90 bits per heavy atom. The SMILES string of the molecule is Cc1cc[c]cc1Nc1nccc(-c2cccnc2)n1. The topological polar surface area (TPSA) is 50.7 Å². The van der Waals surface area contributed by atoms with Crippen LogP contribution in [0.15, 0.2) is 55.0 Å². The Kier molecular flexibility index (Phi) is 3.37. The van der Waals surface area contributed by atoms with E-state index in [9.17, 15) is 0 Å². The summed E-state index contributed by atoms with van der Waals surface area (Å²) in [5.74, 6) is 0.564. The molecule has 20 heavy (non-hydrogen) atoms. The van der Waals surface area contributed by atoms with Gasteiger partial charge in [-0.15, -0.1) is 0 Å². The minimum atomic E-state index is 0.564. The highest BCUT2D eigenvalue weighted by atomic mass is 15.1. The van der Waals surface area contributed by atoms with Gasteiger partial charge in [0.2, 0.25) is 5.95 Å². The Bertz CT molecular complexity index is 710. The summed E-state index contributed by atoms with van der Waals surface area (Å²) in [5.41, 5.74) is 3.89. The summed E-state index contributed by atoms with van der Waals surface area (Å²) in [6.07, 6.45) is 5.26. The van der Waals surface area contributed by atoms with Gasteiger partial charge in [0.15, 0.2) is 0 Å². The Balaban J connectivity index is 1.91. The van der Waals surface area contributed by atoms with Crippen molar-refractivity contribution in [2.75, 3.05) is 5.32 Å². The van der Waals surface area contributed by atoms with Gasteiger partial charge in [-0.3, -0.25) is 4.98 Å². The standard InChI is InChI=1S/C16H13N4/c1-12-5-2-3-7-14(12)19-16-18-10-8-15(20-16)13-6-4-9-17-11-13/h2,4-11H,1H3,(H,18,19,20). The number of benzene rings is 1. The van der Waals surface area contributed by atoms with Gasteiger partial charge in [-0.25, -0.2) is 9.97 Å². The highest BCUT2D eigenvalue weighted by molar-refractivity contribution is 5.62. The molecule has 1 radical (unpaired) electrons. The van der Waals surface area contributed by atoms with Gasteiger partial charge in [-0.05, 0) is 42.8 Å². The van der Waals surface area contributed by atoms with Crippen molar-refractivity contribution in [1.82, 2.24) is 15.0 Å². The number of nitrogens with one attached hydrogen (secondary N) is 1. The maximum atomic E-state index is 4.50. The van der Waals surface area contributed by atoms with E-state index < -0.39 is 0 Å². The quantitative estimate of drug-likeness (QED) is 0.785. The van der Waals surface area contributed by atoms with E-state index >= 15 is 0 Å². The number of aryl methyl sites for hydroxylation is 1. The van der Waals surface area contributed by atoms with Crippen molar-refractivity contribution in [2.24, 2.45) is 0 Å². The smallest absolute Gasteiger partial charge is 0.227 e. The minimum Gasteiger partial charge on any atom is -0.324 e. The molecule has 0 bridgehead atoms. The van der Waals surface area contributed by atoms with Gasteiger partial charge in [-0.1, -0.05) is 12.1 Å². The largest absolute Gasteiger partial charge is 0.324 e. The molecule has 3 aromatic rings. The van der Waals surface area contributed by atoms with Crippen molar-refractivity contribution in [3.05, 3.63) is 66.6 Å². The van der Waals surface area contributed by atoms with Crippen LogP contribution in [0.4, 0.5) is 11.6 Å². The van der Waals surface area contributed by atoms with Crippen molar-refractivity contribution in [3.8, 4) is 11.3 Å². The molecule has 0 spiro atoms. The number of anilines is 2. The molecule has 0 fully saturated rings. The summed E-state index contributed by atoms with van der Waals surface area (Å²) < 4.78 is 0. The first kappa shape index (κ1) is 12.3. The van der Waals surface area contributed by atoms with Crippen molar-refractivity contribution in [3.63, 3.8) is 0 Å². The molecule has 0 saturated carbocycles. The molecule has 2 aromatic heterocycles. The third-order valence-corrected chi connectivity index (χ3v) is 2.94. The van der Waals surface area contributed by atoms with Crippen LogP contribution in [0.1, 0.15) is 5.56 Å². The van der Waals surface area contributed by atoms with Crippen LogP contribution >= 0.6 is 0 Å². The van der Waals surface area contributed by atoms with Gasteiger partial charge in [0.05, 0.1) is 5.69 Å². The third-order valence-electron chi connectivity index (χ3n) is 2.94. The fourth-order valence-corrected chi connectivity index (χ4v) is 1.86. The molecular formula is C16H13N4. The van der Waals surface area contributed by atoms with Crippen LogP contribution in [0.3, 0.4) is 0 Å². The second kappa shape index (κ2) is 5.48. The maximum Gasteiger partial charge on any atom is 0.227 e. The average Bonchev–Trinajstić information content (AvgIpc) is 2.51. The maximum absolute atomic E-state index is 4.50. The lowest BCUT2D eigenvalue weighted by atomic mass is 10.2. The van der Waals surface area contributed by atoms with E-state index in [0.29, 0.717) is 5.95 Å². The predicted octanol–water partition coefficient (Wildman–Crippen LogP) is 3.39. The Labute approximate surface area is 117 Å². The lowest BCUT2D eigenvalue weighted by Crippen LogP contribution is -1.99. The summed E-state index contributed by atoms with van der Waals surface area (Å²) in [6, 6.07) is 14.5. The Morgan fingerprint density at radius 1 is 1.15 bits per heavy atom. The molecule has 0 aliphatic heterocycles. The minimum absolute atomic E-state index is 0.564. The zero-order valence-electron chi connectivity index (χ0n) is 11.0. The van der Waals surface area contributed by atoms with Gasteiger partial charge < -0.3 is 5.32 Å². The summed E-state index contributed by atoms with van der Waals surface area (Å²) in [7, 11) is 0. The van der Waals surface area contributed by atoms with E-state index in [1.54, 1.807) is 18.6 Å². The summed E-state index contributed by atoms with van der Waals surface area (Å²) in [4.78, 5) is 12.9. The molecule has 2 heterocycles. The van der Waals surface area contributed by atoms with Gasteiger partial charge in [-0.2, -0.15) is 0 Å². The lowest BCUT2D eigenvalue weighted by molar-refractivity contribution is 1.16. The number of rotatable bonds is 3. The second-order valence-electron chi connectivity index (χ2n) is 4.37. The molecule has 3 rings (SSSR count). The van der Waals surface area contributed by atoms with Crippen LogP contribution in [0.25, 0.3) is 11.3 Å². The summed E-state index contributed by atoms with van der Waals surface area (Å²) in [5, 5.41) is 3.21. The van der Waals surface area contributed by atoms with Crippen LogP contribution in [0.5, 0.6) is 0 Å². The van der Waals surface area contributed by atoms with Gasteiger partial charge in [0, 0.05) is 29.8 Å². The molecular weight excluding hydrogens is 248 g/mol. The molecule has 97 valence electrons. The highest BCUT2D eigenvalue weighted by Crippen LogP contribution is 2.20. The predicted molar refractivity (Wildman–Crippen MR) is 78.6 cm³/mol. The summed E-state index contributed by atoms with van der Waals surface area (Å²) >= 11 is 0. The fourth-order valence-electron chi connectivity index (χ4n) is 1.86. The van der Waals surface area contributed by atoms with E-state index in [0.717, 1.165) is 22.5 Å². The number of pyridine rings is 1. The van der Waals surface area contributed by atoms with Crippen LogP contribution in [0, 0.1) is 13.0 Å². The van der Waals surface area contributed by atoms with Crippen LogP contribution in [0.2, 0.25) is 0 Å². The van der Waals surface area contributed by atoms with E-state index in [4.69, 9.17) is 0 Å². The highest BCUT2D eigenvalue weighted by Gasteiger charge is 2.03. The summed E-state index contributed by atoms with van der Waals surface area (Å²) in [6.45, 7) is 2.03. The zero-order valence-corrected chi connectivity index (χ0v) is 11.0. The lowest BCUT2D eigenvalue weighted by Gasteiger charge is -2.08. The number of aromatic nitrogens is 3. The number of hydrogen-bond acceptors (Lipinski definition) is 4. The van der Waals surface area contributed by atoms with Crippen molar-refractivity contribution < 1.29 is 0 Å².